The van der Waals surface area contributed by atoms with Crippen molar-refractivity contribution >= 4 is 8.07 Å². The first-order chi connectivity index (χ1) is 5.38. The van der Waals surface area contributed by atoms with E-state index in [1.807, 2.05) is 6.92 Å². The summed E-state index contributed by atoms with van der Waals surface area (Å²) in [7, 11) is -1.08. The summed E-state index contributed by atoms with van der Waals surface area (Å²) in [5.74, 6) is 0. The van der Waals surface area contributed by atoms with E-state index in [2.05, 4.69) is 32.3 Å². The summed E-state index contributed by atoms with van der Waals surface area (Å²) in [6.07, 6.45) is 3.90. The Morgan fingerprint density at radius 2 is 1.83 bits per heavy atom. The lowest BCUT2D eigenvalue weighted by atomic mass is 10.2. The Hall–Kier alpha value is -0.0831. The first-order valence-electron chi connectivity index (χ1n) is 4.68. The minimum absolute atomic E-state index is 0.163. The van der Waals surface area contributed by atoms with Crippen molar-refractivity contribution in [3.63, 3.8) is 0 Å². The summed E-state index contributed by atoms with van der Waals surface area (Å²) in [5.41, 5.74) is 0.645. The van der Waals surface area contributed by atoms with Gasteiger partial charge in [-0.05, 0) is 25.3 Å². The molecule has 0 saturated carbocycles. The van der Waals surface area contributed by atoms with Gasteiger partial charge in [0.25, 0.3) is 0 Å². The topological polar surface area (TPSA) is 20.2 Å². The standard InChI is InChI=1S/C10H22OSi/c1-6-10(12(3,4)5)8-7-9(2)11/h6,9-11H,1,7-8H2,2-5H3. The summed E-state index contributed by atoms with van der Waals surface area (Å²) in [6, 6.07) is 0. The fourth-order valence-corrected chi connectivity index (χ4v) is 3.06. The van der Waals surface area contributed by atoms with Gasteiger partial charge in [-0.1, -0.05) is 25.7 Å². The van der Waals surface area contributed by atoms with Crippen molar-refractivity contribution in [1.82, 2.24) is 0 Å². The van der Waals surface area contributed by atoms with Crippen molar-refractivity contribution in [2.24, 2.45) is 0 Å². The van der Waals surface area contributed by atoms with Crippen LogP contribution in [0.15, 0.2) is 12.7 Å². The molecule has 0 aliphatic carbocycles. The van der Waals surface area contributed by atoms with Crippen molar-refractivity contribution < 1.29 is 5.11 Å². The minimum Gasteiger partial charge on any atom is -0.393 e. The number of hydrogen-bond donors (Lipinski definition) is 1. The van der Waals surface area contributed by atoms with Crippen LogP contribution in [-0.2, 0) is 0 Å². The van der Waals surface area contributed by atoms with Crippen LogP contribution in [0.5, 0.6) is 0 Å². The third kappa shape index (κ3) is 4.73. The van der Waals surface area contributed by atoms with Crippen LogP contribution in [0.25, 0.3) is 0 Å². The van der Waals surface area contributed by atoms with Gasteiger partial charge in [0.2, 0.25) is 0 Å². The lowest BCUT2D eigenvalue weighted by Gasteiger charge is -2.26. The molecule has 72 valence electrons. The molecule has 2 atom stereocenters. The van der Waals surface area contributed by atoms with Crippen LogP contribution < -0.4 is 0 Å². The molecule has 0 aromatic heterocycles. The van der Waals surface area contributed by atoms with Crippen LogP contribution in [0, 0.1) is 0 Å². The monoisotopic (exact) mass is 186 g/mol. The number of aliphatic hydroxyl groups excluding tert-OH is 1. The van der Waals surface area contributed by atoms with Gasteiger partial charge in [0.15, 0.2) is 0 Å². The maximum atomic E-state index is 9.14. The second kappa shape index (κ2) is 4.82. The smallest absolute Gasteiger partial charge is 0.0513 e. The first kappa shape index (κ1) is 11.9. The molecule has 0 radical (unpaired) electrons. The molecule has 0 amide bonds. The summed E-state index contributed by atoms with van der Waals surface area (Å²) in [4.78, 5) is 0. The molecule has 0 aromatic rings. The van der Waals surface area contributed by atoms with Gasteiger partial charge < -0.3 is 5.11 Å². The van der Waals surface area contributed by atoms with Crippen LogP contribution in [0.2, 0.25) is 25.2 Å². The molecule has 2 unspecified atom stereocenters. The fraction of sp³-hybridized carbons (Fsp3) is 0.800. The van der Waals surface area contributed by atoms with Crippen molar-refractivity contribution in [1.29, 1.82) is 0 Å². The third-order valence-electron chi connectivity index (χ3n) is 2.29. The molecular weight excluding hydrogens is 164 g/mol. The summed E-state index contributed by atoms with van der Waals surface area (Å²) >= 11 is 0. The Bertz CT molecular complexity index is 135. The largest absolute Gasteiger partial charge is 0.393 e. The molecule has 0 aliphatic rings. The van der Waals surface area contributed by atoms with E-state index in [1.165, 1.54) is 0 Å². The van der Waals surface area contributed by atoms with E-state index in [1.54, 1.807) is 0 Å². The molecule has 1 nitrogen and oxygen atoms in total. The van der Waals surface area contributed by atoms with Crippen LogP contribution in [0.1, 0.15) is 19.8 Å². The van der Waals surface area contributed by atoms with E-state index in [0.29, 0.717) is 5.54 Å². The quantitative estimate of drug-likeness (QED) is 0.517. The molecular formula is C10H22OSi. The van der Waals surface area contributed by atoms with Crippen LogP contribution in [0.3, 0.4) is 0 Å². The second-order valence-electron chi connectivity index (χ2n) is 4.63. The van der Waals surface area contributed by atoms with E-state index in [-0.39, 0.29) is 6.10 Å². The van der Waals surface area contributed by atoms with Crippen molar-refractivity contribution in [3.8, 4) is 0 Å². The first-order valence-corrected chi connectivity index (χ1v) is 8.26. The lowest BCUT2D eigenvalue weighted by molar-refractivity contribution is 0.182. The van der Waals surface area contributed by atoms with Crippen molar-refractivity contribution in [3.05, 3.63) is 12.7 Å². The third-order valence-corrected chi connectivity index (χ3v) is 5.04. The van der Waals surface area contributed by atoms with E-state index in [9.17, 15) is 0 Å². The molecule has 0 bridgehead atoms. The van der Waals surface area contributed by atoms with Crippen molar-refractivity contribution in [2.75, 3.05) is 0 Å². The van der Waals surface area contributed by atoms with Gasteiger partial charge in [-0.2, -0.15) is 0 Å². The van der Waals surface area contributed by atoms with Crippen LogP contribution in [-0.4, -0.2) is 19.3 Å². The normalized spacial score (nSPS) is 17.1. The zero-order chi connectivity index (χ0) is 9.78. The average Bonchev–Trinajstić information content (AvgIpc) is 1.85. The van der Waals surface area contributed by atoms with E-state index in [0.717, 1.165) is 12.8 Å². The maximum Gasteiger partial charge on any atom is 0.0513 e. The van der Waals surface area contributed by atoms with Gasteiger partial charge in [0.1, 0.15) is 0 Å². The Morgan fingerprint density at radius 1 is 1.33 bits per heavy atom. The number of allylic oxidation sites excluding steroid dienone is 1. The molecule has 12 heavy (non-hydrogen) atoms. The van der Waals surface area contributed by atoms with Crippen LogP contribution >= 0.6 is 0 Å². The van der Waals surface area contributed by atoms with Crippen molar-refractivity contribution in [2.45, 2.75) is 51.1 Å². The fourth-order valence-electron chi connectivity index (χ4n) is 1.33. The second-order valence-corrected chi connectivity index (χ2v) is 10.1. The predicted octanol–water partition coefficient (Wildman–Crippen LogP) is 3.04. The molecule has 0 fully saturated rings. The summed E-state index contributed by atoms with van der Waals surface area (Å²) < 4.78 is 0. The van der Waals surface area contributed by atoms with Gasteiger partial charge in [-0.15, -0.1) is 6.58 Å². The Balaban J connectivity index is 3.93. The molecule has 0 heterocycles. The van der Waals surface area contributed by atoms with E-state index in [4.69, 9.17) is 5.11 Å². The molecule has 0 saturated heterocycles. The van der Waals surface area contributed by atoms with E-state index < -0.39 is 8.07 Å². The molecule has 2 heteroatoms. The highest BCUT2D eigenvalue weighted by molar-refractivity contribution is 6.78. The number of rotatable bonds is 5. The Labute approximate surface area is 77.5 Å². The van der Waals surface area contributed by atoms with Gasteiger partial charge in [-0.25, -0.2) is 0 Å². The predicted molar refractivity (Wildman–Crippen MR) is 58.2 cm³/mol. The highest BCUT2D eigenvalue weighted by atomic mass is 28.3. The molecule has 1 N–H and O–H groups in total. The average molecular weight is 186 g/mol. The highest BCUT2D eigenvalue weighted by Gasteiger charge is 2.23. The van der Waals surface area contributed by atoms with Gasteiger partial charge >= 0.3 is 0 Å². The SMILES string of the molecule is C=CC(CCC(C)O)[Si](C)(C)C. The molecule has 0 rings (SSSR count). The lowest BCUT2D eigenvalue weighted by Crippen LogP contribution is -2.27. The summed E-state index contributed by atoms with van der Waals surface area (Å²) in [6.45, 7) is 12.8. The van der Waals surface area contributed by atoms with Gasteiger partial charge in [0.05, 0.1) is 14.2 Å². The Morgan fingerprint density at radius 3 is 2.08 bits per heavy atom. The van der Waals surface area contributed by atoms with Crippen LogP contribution in [0.4, 0.5) is 0 Å². The highest BCUT2D eigenvalue weighted by Crippen LogP contribution is 2.28. The van der Waals surface area contributed by atoms with E-state index >= 15 is 0 Å². The van der Waals surface area contributed by atoms with Gasteiger partial charge in [0, 0.05) is 0 Å². The number of hydrogen-bond acceptors (Lipinski definition) is 1. The van der Waals surface area contributed by atoms with Gasteiger partial charge in [-0.3, -0.25) is 0 Å². The number of aliphatic hydroxyl groups is 1. The Kier molecular flexibility index (Phi) is 4.79. The molecule has 0 aliphatic heterocycles. The zero-order valence-corrected chi connectivity index (χ0v) is 9.80. The summed E-state index contributed by atoms with van der Waals surface area (Å²) in [5, 5.41) is 9.14. The zero-order valence-electron chi connectivity index (χ0n) is 8.80. The minimum atomic E-state index is -1.08. The molecule has 0 aromatic carbocycles. The molecule has 0 spiro atoms. The maximum absolute atomic E-state index is 9.14.